The van der Waals surface area contributed by atoms with E-state index in [2.05, 4.69) is 10.2 Å². The Bertz CT molecular complexity index is 657. The van der Waals surface area contributed by atoms with Gasteiger partial charge in [-0.1, -0.05) is 36.4 Å². The zero-order chi connectivity index (χ0) is 17.5. The molecule has 0 spiro atoms. The molecule has 3 rings (SSSR count). The van der Waals surface area contributed by atoms with Crippen molar-refractivity contribution in [1.29, 1.82) is 0 Å². The lowest BCUT2D eigenvalue weighted by Crippen LogP contribution is -2.44. The molecule has 1 saturated heterocycles. The average molecular weight is 342 g/mol. The lowest BCUT2D eigenvalue weighted by molar-refractivity contribution is 0.105. The smallest absolute Gasteiger partial charge is 0.161 e. The van der Waals surface area contributed by atoms with Crippen LogP contribution in [0.5, 0.6) is 11.5 Å². The first-order valence-electron chi connectivity index (χ1n) is 8.72. The Kier molecular flexibility index (Phi) is 6.28. The normalized spacial score (nSPS) is 16.4. The molecule has 134 valence electrons. The summed E-state index contributed by atoms with van der Waals surface area (Å²) < 4.78 is 11.3. The topological polar surface area (TPSA) is 54.0 Å². The number of rotatable bonds is 7. The zero-order valence-corrected chi connectivity index (χ0v) is 14.6. The van der Waals surface area contributed by atoms with Gasteiger partial charge < -0.3 is 19.9 Å². The van der Waals surface area contributed by atoms with Crippen molar-refractivity contribution in [1.82, 2.24) is 10.2 Å². The number of nitrogens with one attached hydrogen (secondary N) is 1. The van der Waals surface area contributed by atoms with Crippen molar-refractivity contribution in [3.8, 4) is 11.5 Å². The summed E-state index contributed by atoms with van der Waals surface area (Å²) >= 11 is 0. The van der Waals surface area contributed by atoms with Gasteiger partial charge in [0.15, 0.2) is 11.5 Å². The Morgan fingerprint density at radius 1 is 1.08 bits per heavy atom. The summed E-state index contributed by atoms with van der Waals surface area (Å²) in [7, 11) is 1.62. The maximum Gasteiger partial charge on any atom is 0.161 e. The highest BCUT2D eigenvalue weighted by molar-refractivity contribution is 5.43. The van der Waals surface area contributed by atoms with Crippen LogP contribution < -0.4 is 14.8 Å². The van der Waals surface area contributed by atoms with Gasteiger partial charge in [0.05, 0.1) is 13.2 Å². The Morgan fingerprint density at radius 2 is 1.84 bits per heavy atom. The summed E-state index contributed by atoms with van der Waals surface area (Å²) in [5, 5.41) is 13.9. The quantitative estimate of drug-likeness (QED) is 0.808. The molecule has 5 nitrogen and oxygen atoms in total. The van der Waals surface area contributed by atoms with E-state index in [1.165, 1.54) is 0 Å². The van der Waals surface area contributed by atoms with Crippen LogP contribution >= 0.6 is 0 Å². The lowest BCUT2D eigenvalue weighted by atomic mass is 10.1. The van der Waals surface area contributed by atoms with Gasteiger partial charge in [0.2, 0.25) is 0 Å². The van der Waals surface area contributed by atoms with Crippen molar-refractivity contribution < 1.29 is 14.6 Å². The fourth-order valence-corrected chi connectivity index (χ4v) is 2.99. The molecular formula is C20H26N2O3. The van der Waals surface area contributed by atoms with Gasteiger partial charge in [0, 0.05) is 32.7 Å². The van der Waals surface area contributed by atoms with Crippen molar-refractivity contribution >= 4 is 0 Å². The van der Waals surface area contributed by atoms with E-state index >= 15 is 0 Å². The molecule has 2 aromatic carbocycles. The van der Waals surface area contributed by atoms with Gasteiger partial charge in [-0.05, 0) is 23.3 Å². The third kappa shape index (κ3) is 4.95. The number of hydrogen-bond donors (Lipinski definition) is 2. The Morgan fingerprint density at radius 3 is 2.56 bits per heavy atom. The predicted molar refractivity (Wildman–Crippen MR) is 98.0 cm³/mol. The van der Waals surface area contributed by atoms with Gasteiger partial charge in [-0.25, -0.2) is 0 Å². The molecule has 1 heterocycles. The molecule has 0 bridgehead atoms. The molecule has 25 heavy (non-hydrogen) atoms. The third-order valence-corrected chi connectivity index (χ3v) is 4.45. The second-order valence-corrected chi connectivity index (χ2v) is 6.25. The number of methoxy groups -OCH3 is 1. The first kappa shape index (κ1) is 17.7. The maximum atomic E-state index is 10.5. The number of β-amino-alcohol motifs (C(OH)–C–C–N with tert-alkyl or cyclic N) is 1. The molecule has 0 amide bonds. The fourth-order valence-electron chi connectivity index (χ4n) is 2.99. The van der Waals surface area contributed by atoms with E-state index in [1.54, 1.807) is 7.11 Å². The summed E-state index contributed by atoms with van der Waals surface area (Å²) in [6, 6.07) is 15.7. The van der Waals surface area contributed by atoms with Gasteiger partial charge in [0.25, 0.3) is 0 Å². The Balaban J connectivity index is 1.64. The summed E-state index contributed by atoms with van der Waals surface area (Å²) in [6.07, 6.45) is -0.532. The van der Waals surface area contributed by atoms with E-state index in [1.807, 2.05) is 48.5 Å². The monoisotopic (exact) mass is 342 g/mol. The second kappa shape index (κ2) is 8.85. The Hall–Kier alpha value is -2.08. The minimum Gasteiger partial charge on any atom is -0.493 e. The van der Waals surface area contributed by atoms with Gasteiger partial charge in [-0.3, -0.25) is 4.90 Å². The van der Waals surface area contributed by atoms with Crippen LogP contribution in [0.3, 0.4) is 0 Å². The number of piperazine rings is 1. The van der Waals surface area contributed by atoms with Gasteiger partial charge >= 0.3 is 0 Å². The van der Waals surface area contributed by atoms with Crippen LogP contribution in [-0.4, -0.2) is 49.8 Å². The summed E-state index contributed by atoms with van der Waals surface area (Å²) in [5.41, 5.74) is 1.95. The van der Waals surface area contributed by atoms with Crippen molar-refractivity contribution in [3.63, 3.8) is 0 Å². The van der Waals surface area contributed by atoms with Crippen molar-refractivity contribution in [2.75, 3.05) is 39.8 Å². The van der Waals surface area contributed by atoms with Crippen LogP contribution in [0.4, 0.5) is 0 Å². The van der Waals surface area contributed by atoms with E-state index in [0.29, 0.717) is 24.7 Å². The standard InChI is InChI=1S/C20H26N2O3/c1-24-20-13-17(18(23)14-22-11-9-21-10-12-22)7-8-19(20)25-15-16-5-3-2-4-6-16/h2-8,13,18,21,23H,9-12,14-15H2,1H3. The maximum absolute atomic E-state index is 10.5. The van der Waals surface area contributed by atoms with Crippen LogP contribution in [0.15, 0.2) is 48.5 Å². The second-order valence-electron chi connectivity index (χ2n) is 6.25. The molecular weight excluding hydrogens is 316 g/mol. The van der Waals surface area contributed by atoms with Crippen molar-refractivity contribution in [2.24, 2.45) is 0 Å². The number of aliphatic hydroxyl groups is 1. The van der Waals surface area contributed by atoms with E-state index in [4.69, 9.17) is 9.47 Å². The highest BCUT2D eigenvalue weighted by Gasteiger charge is 2.17. The number of ether oxygens (including phenoxy) is 2. The molecule has 1 atom stereocenters. The number of nitrogens with zero attached hydrogens (tertiary/aromatic N) is 1. The van der Waals surface area contributed by atoms with Crippen LogP contribution in [0.1, 0.15) is 17.2 Å². The minimum atomic E-state index is -0.532. The lowest BCUT2D eigenvalue weighted by Gasteiger charge is -2.29. The first-order chi connectivity index (χ1) is 12.3. The summed E-state index contributed by atoms with van der Waals surface area (Å²) in [4.78, 5) is 2.27. The summed E-state index contributed by atoms with van der Waals surface area (Å²) in [6.45, 7) is 5.00. The van der Waals surface area contributed by atoms with E-state index < -0.39 is 6.10 Å². The molecule has 2 aromatic rings. The van der Waals surface area contributed by atoms with E-state index in [9.17, 15) is 5.11 Å². The summed E-state index contributed by atoms with van der Waals surface area (Å²) in [5.74, 6) is 1.33. The third-order valence-electron chi connectivity index (χ3n) is 4.45. The molecule has 1 aliphatic heterocycles. The molecule has 0 radical (unpaired) electrons. The SMILES string of the molecule is COc1cc(C(O)CN2CCNCC2)ccc1OCc1ccccc1. The molecule has 0 saturated carbocycles. The van der Waals surface area contributed by atoms with Gasteiger partial charge in [-0.2, -0.15) is 0 Å². The number of aliphatic hydroxyl groups excluding tert-OH is 1. The van der Waals surface area contributed by atoms with Gasteiger partial charge in [0.1, 0.15) is 6.61 Å². The molecule has 0 aromatic heterocycles. The molecule has 2 N–H and O–H groups in total. The van der Waals surface area contributed by atoms with E-state index in [0.717, 1.165) is 37.3 Å². The van der Waals surface area contributed by atoms with Crippen LogP contribution in [0.2, 0.25) is 0 Å². The largest absolute Gasteiger partial charge is 0.493 e. The van der Waals surface area contributed by atoms with Crippen molar-refractivity contribution in [2.45, 2.75) is 12.7 Å². The molecule has 5 heteroatoms. The Labute approximate surface area is 149 Å². The molecule has 0 aliphatic carbocycles. The minimum absolute atomic E-state index is 0.486. The fraction of sp³-hybridized carbons (Fsp3) is 0.400. The van der Waals surface area contributed by atoms with Crippen LogP contribution in [0, 0.1) is 0 Å². The first-order valence-corrected chi connectivity index (χ1v) is 8.72. The molecule has 1 aliphatic rings. The number of benzene rings is 2. The highest BCUT2D eigenvalue weighted by Crippen LogP contribution is 2.31. The van der Waals surface area contributed by atoms with Crippen LogP contribution in [0.25, 0.3) is 0 Å². The highest BCUT2D eigenvalue weighted by atomic mass is 16.5. The number of hydrogen-bond acceptors (Lipinski definition) is 5. The molecule has 1 unspecified atom stereocenters. The molecule has 1 fully saturated rings. The zero-order valence-electron chi connectivity index (χ0n) is 14.6. The predicted octanol–water partition coefficient (Wildman–Crippen LogP) is 2.21. The van der Waals surface area contributed by atoms with E-state index in [-0.39, 0.29) is 0 Å². The van der Waals surface area contributed by atoms with Crippen LogP contribution in [-0.2, 0) is 6.61 Å². The van der Waals surface area contributed by atoms with Crippen molar-refractivity contribution in [3.05, 3.63) is 59.7 Å². The average Bonchev–Trinajstić information content (AvgIpc) is 2.67. The van der Waals surface area contributed by atoms with Gasteiger partial charge in [-0.15, -0.1) is 0 Å².